The second kappa shape index (κ2) is 6.96. The lowest BCUT2D eigenvalue weighted by molar-refractivity contribution is -0.133. The van der Waals surface area contributed by atoms with Crippen LogP contribution < -0.4 is 10.6 Å². The number of imide groups is 1. The number of nitrogens with one attached hydrogen (secondary N) is 2. The van der Waals surface area contributed by atoms with Crippen molar-refractivity contribution in [1.29, 1.82) is 0 Å². The fourth-order valence-electron chi connectivity index (χ4n) is 4.08. The molecule has 7 nitrogen and oxygen atoms in total. The Balaban J connectivity index is 1.29. The van der Waals surface area contributed by atoms with E-state index in [4.69, 9.17) is 0 Å². The number of rotatable bonds is 5. The number of hydrogen-bond acceptors (Lipinski definition) is 4. The van der Waals surface area contributed by atoms with Crippen LogP contribution in [-0.4, -0.2) is 52.9 Å². The highest BCUT2D eigenvalue weighted by Gasteiger charge is 2.56. The van der Waals surface area contributed by atoms with Gasteiger partial charge in [0.2, 0.25) is 5.91 Å². The first kappa shape index (κ1) is 18.0. The molecule has 2 saturated heterocycles. The van der Waals surface area contributed by atoms with Crippen molar-refractivity contribution in [2.75, 3.05) is 25.1 Å². The number of carbonyl (C=O) groups excluding carboxylic acids is 3. The number of hydrogen-bond donors (Lipinski definition) is 2. The van der Waals surface area contributed by atoms with E-state index in [1.807, 2.05) is 37.3 Å². The third-order valence-electron chi connectivity index (χ3n) is 6.04. The van der Waals surface area contributed by atoms with Gasteiger partial charge in [-0.05, 0) is 50.7 Å². The van der Waals surface area contributed by atoms with Gasteiger partial charge in [0.25, 0.3) is 5.91 Å². The van der Waals surface area contributed by atoms with Gasteiger partial charge in [-0.2, -0.15) is 0 Å². The summed E-state index contributed by atoms with van der Waals surface area (Å²) in [5.74, 6) is 0.156. The molecule has 7 heteroatoms. The van der Waals surface area contributed by atoms with E-state index in [-0.39, 0.29) is 29.7 Å². The van der Waals surface area contributed by atoms with Crippen molar-refractivity contribution < 1.29 is 14.4 Å². The van der Waals surface area contributed by atoms with Crippen molar-refractivity contribution in [3.8, 4) is 0 Å². The van der Waals surface area contributed by atoms with E-state index in [1.165, 1.54) is 4.90 Å². The van der Waals surface area contributed by atoms with Gasteiger partial charge < -0.3 is 10.6 Å². The zero-order chi connectivity index (χ0) is 19.0. The van der Waals surface area contributed by atoms with Crippen LogP contribution in [0.15, 0.2) is 30.3 Å². The van der Waals surface area contributed by atoms with Crippen LogP contribution in [-0.2, 0) is 9.59 Å². The molecule has 27 heavy (non-hydrogen) atoms. The minimum absolute atomic E-state index is 0.0390. The maximum Gasteiger partial charge on any atom is 0.326 e. The van der Waals surface area contributed by atoms with Gasteiger partial charge in [-0.3, -0.25) is 14.5 Å². The Morgan fingerprint density at radius 1 is 1.15 bits per heavy atom. The third kappa shape index (κ3) is 3.56. The van der Waals surface area contributed by atoms with Gasteiger partial charge in [0.05, 0.1) is 6.67 Å². The lowest BCUT2D eigenvalue weighted by Gasteiger charge is -2.33. The van der Waals surface area contributed by atoms with Crippen molar-refractivity contribution in [3.63, 3.8) is 0 Å². The molecule has 2 N–H and O–H groups in total. The van der Waals surface area contributed by atoms with E-state index < -0.39 is 5.54 Å². The largest absolute Gasteiger partial charge is 0.326 e. The lowest BCUT2D eigenvalue weighted by atomic mass is 9.95. The van der Waals surface area contributed by atoms with E-state index in [0.717, 1.165) is 31.4 Å². The number of likely N-dealkylation sites (tertiary alicyclic amines) is 1. The monoisotopic (exact) mass is 370 g/mol. The van der Waals surface area contributed by atoms with Crippen LogP contribution in [0.5, 0.6) is 0 Å². The molecule has 1 aliphatic carbocycles. The number of para-hydroxylation sites is 1. The van der Waals surface area contributed by atoms with Crippen LogP contribution in [0.4, 0.5) is 10.5 Å². The Morgan fingerprint density at radius 3 is 2.44 bits per heavy atom. The maximum atomic E-state index is 12.7. The molecule has 2 aliphatic heterocycles. The van der Waals surface area contributed by atoms with E-state index in [2.05, 4.69) is 15.5 Å². The minimum Gasteiger partial charge on any atom is -0.326 e. The fraction of sp³-hybridized carbons (Fsp3) is 0.550. The Hall–Kier alpha value is -2.41. The van der Waals surface area contributed by atoms with Crippen molar-refractivity contribution in [2.24, 2.45) is 11.8 Å². The summed E-state index contributed by atoms with van der Waals surface area (Å²) in [7, 11) is 0. The highest BCUT2D eigenvalue weighted by Crippen LogP contribution is 2.42. The molecule has 1 atom stereocenters. The second-order valence-corrected chi connectivity index (χ2v) is 8.03. The van der Waals surface area contributed by atoms with Crippen molar-refractivity contribution in [3.05, 3.63) is 30.3 Å². The number of amides is 4. The Bertz CT molecular complexity index is 741. The van der Waals surface area contributed by atoms with Gasteiger partial charge in [-0.25, -0.2) is 9.69 Å². The molecule has 3 aliphatic rings. The molecule has 0 spiro atoms. The SMILES string of the molecule is C[C@@]1(C2CC2)NC(=O)N(CN2CCC(C(=O)Nc3ccccc3)CC2)C1=O. The molecule has 2 heterocycles. The highest BCUT2D eigenvalue weighted by molar-refractivity contribution is 6.07. The molecule has 144 valence electrons. The average Bonchev–Trinajstić information content (AvgIpc) is 3.49. The molecule has 1 aromatic rings. The molecule has 0 aromatic heterocycles. The second-order valence-electron chi connectivity index (χ2n) is 8.03. The summed E-state index contributed by atoms with van der Waals surface area (Å²) >= 11 is 0. The fourth-order valence-corrected chi connectivity index (χ4v) is 4.08. The molecule has 0 radical (unpaired) electrons. The van der Waals surface area contributed by atoms with Gasteiger partial charge >= 0.3 is 6.03 Å². The zero-order valence-corrected chi connectivity index (χ0v) is 15.6. The quantitative estimate of drug-likeness (QED) is 0.777. The number of urea groups is 1. The summed E-state index contributed by atoms with van der Waals surface area (Å²) in [6.45, 7) is 3.54. The smallest absolute Gasteiger partial charge is 0.326 e. The summed E-state index contributed by atoms with van der Waals surface area (Å²) in [6.07, 6.45) is 3.45. The molecule has 3 fully saturated rings. The summed E-state index contributed by atoms with van der Waals surface area (Å²) in [6, 6.07) is 9.16. The van der Waals surface area contributed by atoms with Crippen LogP contribution >= 0.6 is 0 Å². The first-order valence-electron chi connectivity index (χ1n) is 9.70. The first-order chi connectivity index (χ1) is 13.0. The number of anilines is 1. The van der Waals surface area contributed by atoms with Gasteiger partial charge in [0, 0.05) is 24.7 Å². The summed E-state index contributed by atoms with van der Waals surface area (Å²) in [5.41, 5.74) is 0.0777. The number of carbonyl (C=O) groups is 3. The number of nitrogens with zero attached hydrogens (tertiary/aromatic N) is 2. The molecular formula is C20H26N4O3. The topological polar surface area (TPSA) is 81.8 Å². The standard InChI is InChI=1S/C20H26N4O3/c1-20(15-7-8-15)18(26)24(19(27)22-20)13-23-11-9-14(10-12-23)17(25)21-16-5-3-2-4-6-16/h2-6,14-15H,7-13H2,1H3,(H,21,25)(H,22,27)/t20-/m0/s1. The van der Waals surface area contributed by atoms with Crippen LogP contribution in [0, 0.1) is 11.8 Å². The Morgan fingerprint density at radius 2 is 1.81 bits per heavy atom. The summed E-state index contributed by atoms with van der Waals surface area (Å²) < 4.78 is 0. The van der Waals surface area contributed by atoms with Crippen LogP contribution in [0.1, 0.15) is 32.6 Å². The zero-order valence-electron chi connectivity index (χ0n) is 15.6. The molecule has 0 bridgehead atoms. The van der Waals surface area contributed by atoms with Crippen LogP contribution in [0.3, 0.4) is 0 Å². The van der Waals surface area contributed by atoms with Crippen molar-refractivity contribution in [1.82, 2.24) is 15.1 Å². The van der Waals surface area contributed by atoms with Crippen LogP contribution in [0.2, 0.25) is 0 Å². The van der Waals surface area contributed by atoms with Gasteiger partial charge in [-0.15, -0.1) is 0 Å². The number of piperidine rings is 1. The third-order valence-corrected chi connectivity index (χ3v) is 6.04. The van der Waals surface area contributed by atoms with E-state index in [0.29, 0.717) is 19.8 Å². The predicted octanol–water partition coefficient (Wildman–Crippen LogP) is 2.02. The van der Waals surface area contributed by atoms with Crippen LogP contribution in [0.25, 0.3) is 0 Å². The van der Waals surface area contributed by atoms with Gasteiger partial charge in [-0.1, -0.05) is 18.2 Å². The molecule has 0 unspecified atom stereocenters. The minimum atomic E-state index is -0.731. The molecular weight excluding hydrogens is 344 g/mol. The summed E-state index contributed by atoms with van der Waals surface area (Å²) in [5, 5.41) is 5.84. The lowest BCUT2D eigenvalue weighted by Crippen LogP contribution is -2.48. The molecule has 1 saturated carbocycles. The predicted molar refractivity (Wildman–Crippen MR) is 101 cm³/mol. The molecule has 1 aromatic carbocycles. The van der Waals surface area contributed by atoms with Crippen molar-refractivity contribution >= 4 is 23.5 Å². The van der Waals surface area contributed by atoms with E-state index in [1.54, 1.807) is 0 Å². The Kier molecular flexibility index (Phi) is 4.63. The van der Waals surface area contributed by atoms with Gasteiger partial charge in [0.1, 0.15) is 5.54 Å². The molecule has 4 amide bonds. The van der Waals surface area contributed by atoms with E-state index in [9.17, 15) is 14.4 Å². The highest BCUT2D eigenvalue weighted by atomic mass is 16.2. The first-order valence-corrected chi connectivity index (χ1v) is 9.70. The molecule has 4 rings (SSSR count). The van der Waals surface area contributed by atoms with E-state index >= 15 is 0 Å². The number of benzene rings is 1. The Labute approximate surface area is 159 Å². The normalized spacial score (nSPS) is 26.9. The summed E-state index contributed by atoms with van der Waals surface area (Å²) in [4.78, 5) is 40.9. The van der Waals surface area contributed by atoms with Gasteiger partial charge in [0.15, 0.2) is 0 Å². The maximum absolute atomic E-state index is 12.7. The van der Waals surface area contributed by atoms with Crippen molar-refractivity contribution in [2.45, 2.75) is 38.1 Å². The average molecular weight is 370 g/mol.